The number of ether oxygens (including phenoxy) is 1. The van der Waals surface area contributed by atoms with Gasteiger partial charge in [0.25, 0.3) is 5.91 Å². The Hall–Kier alpha value is -2.82. The largest absolute Gasteiger partial charge is 0.493 e. The Morgan fingerprint density at radius 1 is 1.28 bits per heavy atom. The molecule has 0 unspecified atom stereocenters. The molecule has 0 bridgehead atoms. The van der Waals surface area contributed by atoms with Crippen molar-refractivity contribution >= 4 is 17.0 Å². The number of nitrogens with one attached hydrogen (secondary N) is 1. The minimum Gasteiger partial charge on any atom is -0.493 e. The molecule has 5 heteroatoms. The highest BCUT2D eigenvalue weighted by molar-refractivity contribution is 5.97. The summed E-state index contributed by atoms with van der Waals surface area (Å²) < 4.78 is 11.3. The summed E-state index contributed by atoms with van der Waals surface area (Å²) in [5.41, 5.74) is 3.21. The summed E-state index contributed by atoms with van der Waals surface area (Å²) in [5.74, 6) is 1.84. The fourth-order valence-corrected chi connectivity index (χ4v) is 3.26. The van der Waals surface area contributed by atoms with E-state index in [9.17, 15) is 4.79 Å². The molecule has 0 fully saturated rings. The molecule has 0 radical (unpaired) electrons. The van der Waals surface area contributed by atoms with E-state index in [4.69, 9.17) is 9.15 Å². The molecule has 128 valence electrons. The molecule has 2 aromatic carbocycles. The molecule has 1 aromatic heterocycles. The van der Waals surface area contributed by atoms with Gasteiger partial charge in [0.15, 0.2) is 11.5 Å². The molecule has 0 saturated heterocycles. The van der Waals surface area contributed by atoms with E-state index in [0.29, 0.717) is 36.1 Å². The van der Waals surface area contributed by atoms with Crippen molar-refractivity contribution < 1.29 is 13.9 Å². The first kappa shape index (κ1) is 15.7. The molecule has 3 aromatic rings. The molecule has 0 aliphatic carbocycles. The first-order chi connectivity index (χ1) is 12.2. The maximum absolute atomic E-state index is 12.5. The molecule has 1 amide bonds. The fraction of sp³-hybridized carbons (Fsp3) is 0.300. The third kappa shape index (κ3) is 3.36. The Labute approximate surface area is 146 Å². The van der Waals surface area contributed by atoms with E-state index in [-0.39, 0.29) is 5.91 Å². The Balaban J connectivity index is 1.42. The second-order valence-electron chi connectivity index (χ2n) is 6.44. The van der Waals surface area contributed by atoms with Gasteiger partial charge in [-0.25, -0.2) is 4.98 Å². The monoisotopic (exact) mass is 336 g/mol. The Morgan fingerprint density at radius 3 is 3.08 bits per heavy atom. The van der Waals surface area contributed by atoms with Gasteiger partial charge in [0.05, 0.1) is 6.61 Å². The minimum absolute atomic E-state index is 0.0885. The molecule has 1 N–H and O–H groups in total. The average Bonchev–Trinajstić information content (AvgIpc) is 2.86. The number of nitrogens with zero attached hydrogens (tertiary/aromatic N) is 1. The quantitative estimate of drug-likeness (QED) is 0.795. The van der Waals surface area contributed by atoms with Crippen LogP contribution in [0.4, 0.5) is 0 Å². The lowest BCUT2D eigenvalue weighted by molar-refractivity contribution is 0.0945. The van der Waals surface area contributed by atoms with Crippen LogP contribution in [-0.4, -0.2) is 24.0 Å². The summed E-state index contributed by atoms with van der Waals surface area (Å²) in [5, 5.41) is 3.04. The lowest BCUT2D eigenvalue weighted by atomic mass is 9.97. The summed E-state index contributed by atoms with van der Waals surface area (Å²) in [6.45, 7) is 3.11. The topological polar surface area (TPSA) is 64.4 Å². The second kappa shape index (κ2) is 6.59. The van der Waals surface area contributed by atoms with Crippen LogP contribution in [0.5, 0.6) is 5.75 Å². The SMILES string of the molecule is Cc1nc2ccc(C(=O)NC[C@@H]3CCOc4ccccc4C3)cc2o1. The van der Waals surface area contributed by atoms with Gasteiger partial charge in [-0.05, 0) is 48.6 Å². The van der Waals surface area contributed by atoms with E-state index in [1.165, 1.54) is 5.56 Å². The van der Waals surface area contributed by atoms with Gasteiger partial charge < -0.3 is 14.5 Å². The fourth-order valence-electron chi connectivity index (χ4n) is 3.26. The standard InChI is InChI=1S/C20H20N2O3/c1-13-22-17-7-6-16(11-19(17)25-13)20(23)21-12-14-8-9-24-18-5-3-2-4-15(18)10-14/h2-7,11,14H,8-10,12H2,1H3,(H,21,23)/t14-/m1/s1. The average molecular weight is 336 g/mol. The molecule has 1 aliphatic rings. The van der Waals surface area contributed by atoms with Gasteiger partial charge >= 0.3 is 0 Å². The first-order valence-corrected chi connectivity index (χ1v) is 8.55. The van der Waals surface area contributed by atoms with E-state index in [1.807, 2.05) is 24.3 Å². The molecule has 1 aliphatic heterocycles. The van der Waals surface area contributed by atoms with Crippen molar-refractivity contribution in [2.45, 2.75) is 19.8 Å². The van der Waals surface area contributed by atoms with Crippen LogP contribution in [-0.2, 0) is 6.42 Å². The maximum Gasteiger partial charge on any atom is 0.251 e. The molecular weight excluding hydrogens is 316 g/mol. The van der Waals surface area contributed by atoms with Gasteiger partial charge in [0.2, 0.25) is 0 Å². The van der Waals surface area contributed by atoms with Crippen molar-refractivity contribution in [2.24, 2.45) is 5.92 Å². The number of para-hydroxylation sites is 1. The summed E-state index contributed by atoms with van der Waals surface area (Å²) in [4.78, 5) is 16.7. The van der Waals surface area contributed by atoms with Crippen LogP contribution >= 0.6 is 0 Å². The van der Waals surface area contributed by atoms with Crippen LogP contribution < -0.4 is 10.1 Å². The zero-order chi connectivity index (χ0) is 17.2. The minimum atomic E-state index is -0.0885. The number of hydrogen-bond acceptors (Lipinski definition) is 4. The number of aryl methyl sites for hydroxylation is 1. The van der Waals surface area contributed by atoms with Crippen molar-refractivity contribution in [3.05, 3.63) is 59.5 Å². The van der Waals surface area contributed by atoms with Crippen LogP contribution in [0.15, 0.2) is 46.9 Å². The summed E-state index contributed by atoms with van der Waals surface area (Å²) in [6.07, 6.45) is 1.84. The molecular formula is C20H20N2O3. The Bertz CT molecular complexity index is 916. The number of hydrogen-bond donors (Lipinski definition) is 1. The van der Waals surface area contributed by atoms with Gasteiger partial charge in [-0.1, -0.05) is 18.2 Å². The van der Waals surface area contributed by atoms with Crippen LogP contribution in [0.25, 0.3) is 11.1 Å². The van der Waals surface area contributed by atoms with Crippen molar-refractivity contribution in [1.82, 2.24) is 10.3 Å². The number of fused-ring (bicyclic) bond motifs is 2. The normalized spacial score (nSPS) is 16.8. The van der Waals surface area contributed by atoms with Gasteiger partial charge in [-0.15, -0.1) is 0 Å². The molecule has 0 saturated carbocycles. The van der Waals surface area contributed by atoms with Gasteiger partial charge in [0.1, 0.15) is 11.3 Å². The van der Waals surface area contributed by atoms with E-state index < -0.39 is 0 Å². The van der Waals surface area contributed by atoms with Crippen LogP contribution in [0, 0.1) is 12.8 Å². The molecule has 1 atom stereocenters. The second-order valence-corrected chi connectivity index (χ2v) is 6.44. The summed E-state index contributed by atoms with van der Waals surface area (Å²) in [7, 11) is 0. The van der Waals surface area contributed by atoms with Gasteiger partial charge in [-0.2, -0.15) is 0 Å². The van der Waals surface area contributed by atoms with E-state index in [2.05, 4.69) is 16.4 Å². The van der Waals surface area contributed by atoms with E-state index in [0.717, 1.165) is 24.1 Å². The number of benzene rings is 2. The zero-order valence-corrected chi connectivity index (χ0v) is 14.1. The predicted octanol–water partition coefficient (Wildman–Crippen LogP) is 3.51. The molecule has 25 heavy (non-hydrogen) atoms. The van der Waals surface area contributed by atoms with Crippen molar-refractivity contribution in [1.29, 1.82) is 0 Å². The number of aromatic nitrogens is 1. The van der Waals surface area contributed by atoms with E-state index in [1.54, 1.807) is 19.1 Å². The molecule has 2 heterocycles. The first-order valence-electron chi connectivity index (χ1n) is 8.55. The summed E-state index contributed by atoms with van der Waals surface area (Å²) >= 11 is 0. The third-order valence-electron chi connectivity index (χ3n) is 4.57. The zero-order valence-electron chi connectivity index (χ0n) is 14.1. The highest BCUT2D eigenvalue weighted by Gasteiger charge is 2.18. The number of oxazole rings is 1. The number of carbonyl (C=O) groups excluding carboxylic acids is 1. The lowest BCUT2D eigenvalue weighted by Crippen LogP contribution is -2.30. The number of amides is 1. The maximum atomic E-state index is 12.5. The van der Waals surface area contributed by atoms with Crippen LogP contribution in [0.1, 0.15) is 28.2 Å². The highest BCUT2D eigenvalue weighted by atomic mass is 16.5. The van der Waals surface area contributed by atoms with Crippen LogP contribution in [0.3, 0.4) is 0 Å². The van der Waals surface area contributed by atoms with Crippen LogP contribution in [0.2, 0.25) is 0 Å². The van der Waals surface area contributed by atoms with Crippen molar-refractivity contribution in [3.63, 3.8) is 0 Å². The smallest absolute Gasteiger partial charge is 0.251 e. The lowest BCUT2D eigenvalue weighted by Gasteiger charge is -2.14. The number of rotatable bonds is 3. The number of carbonyl (C=O) groups is 1. The van der Waals surface area contributed by atoms with Gasteiger partial charge in [-0.3, -0.25) is 4.79 Å². The molecule has 0 spiro atoms. The Morgan fingerprint density at radius 2 is 2.16 bits per heavy atom. The Kier molecular flexibility index (Phi) is 4.14. The molecule has 5 nitrogen and oxygen atoms in total. The highest BCUT2D eigenvalue weighted by Crippen LogP contribution is 2.26. The predicted molar refractivity (Wildman–Crippen MR) is 94.8 cm³/mol. The van der Waals surface area contributed by atoms with Crippen molar-refractivity contribution in [2.75, 3.05) is 13.2 Å². The summed E-state index contributed by atoms with van der Waals surface area (Å²) in [6, 6.07) is 13.5. The van der Waals surface area contributed by atoms with Gasteiger partial charge in [0, 0.05) is 19.0 Å². The van der Waals surface area contributed by atoms with Crippen molar-refractivity contribution in [3.8, 4) is 5.75 Å². The molecule has 4 rings (SSSR count). The third-order valence-corrected chi connectivity index (χ3v) is 4.57. The van der Waals surface area contributed by atoms with E-state index >= 15 is 0 Å².